The summed E-state index contributed by atoms with van der Waals surface area (Å²) in [4.78, 5) is 30.0. The molecule has 1 fully saturated rings. The van der Waals surface area contributed by atoms with Crippen LogP contribution in [-0.4, -0.2) is 55.0 Å². The Morgan fingerprint density at radius 2 is 2.04 bits per heavy atom. The number of thioether (sulfide) groups is 3. The third-order valence-electron chi connectivity index (χ3n) is 3.70. The number of aliphatic carboxylic acids is 1. The summed E-state index contributed by atoms with van der Waals surface area (Å²) in [7, 11) is 0. The number of pyridine rings is 1. The Morgan fingerprint density at radius 1 is 1.38 bits per heavy atom. The predicted octanol–water partition coefficient (Wildman–Crippen LogP) is 2.07. The lowest BCUT2D eigenvalue weighted by Crippen LogP contribution is -2.60. The van der Waals surface area contributed by atoms with Crippen molar-refractivity contribution in [3.8, 4) is 0 Å². The third-order valence-corrected chi connectivity index (χ3v) is 7.63. The summed E-state index contributed by atoms with van der Waals surface area (Å²) in [5, 5.41) is 18.8. The third kappa shape index (κ3) is 3.30. The largest absolute Gasteiger partial charge is 0.477 e. The summed E-state index contributed by atoms with van der Waals surface area (Å²) in [6, 6.07) is 3.86. The molecule has 1 unspecified atom stereocenters. The SMILES string of the molecule is CC(O)[C@H]1C(=O)N2C(C(=O)O)=C(SCCSc3ccncc3)S[C@H]12. The van der Waals surface area contributed by atoms with Gasteiger partial charge >= 0.3 is 5.97 Å². The fourth-order valence-electron chi connectivity index (χ4n) is 2.58. The van der Waals surface area contributed by atoms with Crippen LogP contribution in [0.15, 0.2) is 39.4 Å². The van der Waals surface area contributed by atoms with Gasteiger partial charge in [0.1, 0.15) is 5.37 Å². The number of rotatable bonds is 7. The van der Waals surface area contributed by atoms with Crippen LogP contribution in [-0.2, 0) is 9.59 Å². The molecule has 24 heavy (non-hydrogen) atoms. The van der Waals surface area contributed by atoms with Gasteiger partial charge in [-0.3, -0.25) is 14.7 Å². The maximum absolute atomic E-state index is 12.1. The van der Waals surface area contributed by atoms with Crippen molar-refractivity contribution in [2.45, 2.75) is 23.3 Å². The first-order valence-electron chi connectivity index (χ1n) is 7.31. The van der Waals surface area contributed by atoms with E-state index in [0.29, 0.717) is 4.24 Å². The van der Waals surface area contributed by atoms with E-state index < -0.39 is 18.0 Å². The van der Waals surface area contributed by atoms with Gasteiger partial charge in [0.05, 0.1) is 16.3 Å². The van der Waals surface area contributed by atoms with Gasteiger partial charge in [-0.1, -0.05) is 11.8 Å². The number of aliphatic hydroxyl groups excluding tert-OH is 1. The number of carbonyl (C=O) groups excluding carboxylic acids is 1. The van der Waals surface area contributed by atoms with Gasteiger partial charge in [-0.05, 0) is 19.1 Å². The second-order valence-electron chi connectivity index (χ2n) is 5.30. The van der Waals surface area contributed by atoms with Crippen LogP contribution >= 0.6 is 35.3 Å². The van der Waals surface area contributed by atoms with Gasteiger partial charge in [0.15, 0.2) is 5.70 Å². The van der Waals surface area contributed by atoms with Gasteiger partial charge in [0, 0.05) is 28.8 Å². The first kappa shape index (κ1) is 17.7. The standard InChI is InChI=1S/C15H16N2O4S3/c1-8(18)10-12(19)17-11(14(20)21)15(24-13(10)17)23-7-6-22-9-2-4-16-5-3-9/h2-5,8,10,13,18H,6-7H2,1H3,(H,20,21)/t8?,10-,13+/m0/s1. The first-order valence-corrected chi connectivity index (χ1v) is 10.2. The van der Waals surface area contributed by atoms with Crippen LogP contribution in [0.4, 0.5) is 0 Å². The quantitative estimate of drug-likeness (QED) is 0.419. The number of nitrogens with zero attached hydrogens (tertiary/aromatic N) is 2. The predicted molar refractivity (Wildman–Crippen MR) is 95.5 cm³/mol. The van der Waals surface area contributed by atoms with Crippen molar-refractivity contribution in [2.75, 3.05) is 11.5 Å². The number of carboxylic acid groups (broad SMARTS) is 1. The Hall–Kier alpha value is -1.16. The average molecular weight is 385 g/mol. The fraction of sp³-hybridized carbons (Fsp3) is 0.400. The monoisotopic (exact) mass is 384 g/mol. The van der Waals surface area contributed by atoms with E-state index in [0.717, 1.165) is 16.4 Å². The van der Waals surface area contributed by atoms with Gasteiger partial charge in [-0.2, -0.15) is 0 Å². The number of aromatic nitrogens is 1. The molecule has 9 heteroatoms. The van der Waals surface area contributed by atoms with Crippen LogP contribution < -0.4 is 0 Å². The molecule has 0 spiro atoms. The van der Waals surface area contributed by atoms with E-state index in [1.807, 2.05) is 12.1 Å². The topological polar surface area (TPSA) is 90.7 Å². The maximum Gasteiger partial charge on any atom is 0.354 e. The lowest BCUT2D eigenvalue weighted by atomic mass is 9.92. The highest BCUT2D eigenvalue weighted by atomic mass is 32.2. The van der Waals surface area contributed by atoms with E-state index in [1.165, 1.54) is 28.4 Å². The second kappa shape index (κ2) is 7.38. The molecule has 0 aliphatic carbocycles. The van der Waals surface area contributed by atoms with Crippen LogP contribution in [0.1, 0.15) is 6.92 Å². The number of aliphatic hydroxyl groups is 1. The highest BCUT2D eigenvalue weighted by molar-refractivity contribution is 8.23. The van der Waals surface area contributed by atoms with Crippen molar-refractivity contribution in [3.63, 3.8) is 0 Å². The van der Waals surface area contributed by atoms with Crippen LogP contribution in [0, 0.1) is 5.92 Å². The normalized spacial score (nSPS) is 23.9. The fourth-order valence-corrected chi connectivity index (χ4v) is 6.44. The van der Waals surface area contributed by atoms with Crippen LogP contribution in [0.3, 0.4) is 0 Å². The molecule has 2 aliphatic rings. The average Bonchev–Trinajstić information content (AvgIpc) is 2.86. The number of fused-ring (bicyclic) bond motifs is 1. The lowest BCUT2D eigenvalue weighted by molar-refractivity contribution is -0.156. The van der Waals surface area contributed by atoms with Crippen molar-refractivity contribution in [3.05, 3.63) is 34.5 Å². The Morgan fingerprint density at radius 3 is 2.67 bits per heavy atom. The number of hydrogen-bond acceptors (Lipinski definition) is 7. The Kier molecular flexibility index (Phi) is 5.43. The molecule has 1 saturated heterocycles. The minimum atomic E-state index is -1.09. The van der Waals surface area contributed by atoms with Crippen molar-refractivity contribution in [2.24, 2.45) is 5.92 Å². The summed E-state index contributed by atoms with van der Waals surface area (Å²) in [5.74, 6) is -0.355. The molecule has 2 aliphatic heterocycles. The van der Waals surface area contributed by atoms with Crippen LogP contribution in [0.25, 0.3) is 0 Å². The molecule has 128 valence electrons. The van der Waals surface area contributed by atoms with Gasteiger partial charge in [-0.15, -0.1) is 23.5 Å². The van der Waals surface area contributed by atoms with Crippen LogP contribution in [0.2, 0.25) is 0 Å². The molecule has 3 heterocycles. The van der Waals surface area contributed by atoms with E-state index in [1.54, 1.807) is 31.1 Å². The van der Waals surface area contributed by atoms with Crippen molar-refractivity contribution < 1.29 is 19.8 Å². The number of β-lactam (4-membered cyclic amide) rings is 1. The molecule has 0 aromatic carbocycles. The Balaban J connectivity index is 1.60. The molecule has 0 saturated carbocycles. The lowest BCUT2D eigenvalue weighted by Gasteiger charge is -2.43. The Labute approximate surface area is 152 Å². The summed E-state index contributed by atoms with van der Waals surface area (Å²) >= 11 is 4.50. The van der Waals surface area contributed by atoms with Gasteiger partial charge < -0.3 is 10.2 Å². The molecule has 3 atom stereocenters. The maximum atomic E-state index is 12.1. The zero-order valence-electron chi connectivity index (χ0n) is 12.8. The molecule has 0 radical (unpaired) electrons. The number of carboxylic acids is 1. The molecule has 1 aromatic heterocycles. The highest BCUT2D eigenvalue weighted by Crippen LogP contribution is 2.53. The van der Waals surface area contributed by atoms with Gasteiger partial charge in [0.25, 0.3) is 0 Å². The summed E-state index contributed by atoms with van der Waals surface area (Å²) in [5.41, 5.74) is 0.0609. The number of amides is 1. The van der Waals surface area contributed by atoms with E-state index in [2.05, 4.69) is 4.98 Å². The van der Waals surface area contributed by atoms with Crippen molar-refractivity contribution in [1.29, 1.82) is 0 Å². The minimum absolute atomic E-state index is 0.0609. The highest BCUT2D eigenvalue weighted by Gasteiger charge is 2.57. The second-order valence-corrected chi connectivity index (χ2v) is 8.96. The molecular formula is C15H16N2O4S3. The molecule has 3 rings (SSSR count). The zero-order valence-corrected chi connectivity index (χ0v) is 15.2. The van der Waals surface area contributed by atoms with Crippen molar-refractivity contribution >= 4 is 47.2 Å². The Bertz CT molecular complexity index is 681. The van der Waals surface area contributed by atoms with Gasteiger partial charge in [-0.25, -0.2) is 4.79 Å². The van der Waals surface area contributed by atoms with E-state index >= 15 is 0 Å². The summed E-state index contributed by atoms with van der Waals surface area (Å²) < 4.78 is 0.652. The van der Waals surface area contributed by atoms with E-state index in [9.17, 15) is 19.8 Å². The molecule has 0 bridgehead atoms. The van der Waals surface area contributed by atoms with Gasteiger partial charge in [0.2, 0.25) is 5.91 Å². The summed E-state index contributed by atoms with van der Waals surface area (Å²) in [6.07, 6.45) is 2.70. The molecule has 6 nitrogen and oxygen atoms in total. The molecule has 1 amide bonds. The van der Waals surface area contributed by atoms with Crippen LogP contribution in [0.5, 0.6) is 0 Å². The molecular weight excluding hydrogens is 368 g/mol. The van der Waals surface area contributed by atoms with E-state index in [-0.39, 0.29) is 17.0 Å². The molecule has 1 aromatic rings. The first-order chi connectivity index (χ1) is 11.5. The smallest absolute Gasteiger partial charge is 0.354 e. The number of hydrogen-bond donors (Lipinski definition) is 2. The minimum Gasteiger partial charge on any atom is -0.477 e. The van der Waals surface area contributed by atoms with Crippen molar-refractivity contribution in [1.82, 2.24) is 9.88 Å². The van der Waals surface area contributed by atoms with E-state index in [4.69, 9.17) is 0 Å². The number of carbonyl (C=O) groups is 2. The molecule has 2 N–H and O–H groups in total. The zero-order chi connectivity index (χ0) is 17.3. The summed E-state index contributed by atoms with van der Waals surface area (Å²) in [6.45, 7) is 1.57.